The second-order valence-corrected chi connectivity index (χ2v) is 4.11. The molecule has 14 heavy (non-hydrogen) atoms. The maximum Gasteiger partial charge on any atom is 0.156 e. The van der Waals surface area contributed by atoms with Crippen molar-refractivity contribution in [3.05, 3.63) is 11.1 Å². The summed E-state index contributed by atoms with van der Waals surface area (Å²) in [5.41, 5.74) is 0. The van der Waals surface area contributed by atoms with Crippen molar-refractivity contribution in [1.29, 1.82) is 0 Å². The molecule has 0 rings (SSSR count). The van der Waals surface area contributed by atoms with Gasteiger partial charge in [-0.05, 0) is 12.5 Å². The van der Waals surface area contributed by atoms with E-state index in [1.54, 1.807) is 0 Å². The highest BCUT2D eigenvalue weighted by Crippen LogP contribution is 2.08. The van der Waals surface area contributed by atoms with Crippen LogP contribution in [0, 0.1) is 0 Å². The molecule has 0 aliphatic rings. The number of carbonyl (C=O) groups excluding carboxylic acids is 1. The zero-order chi connectivity index (χ0) is 10.8. The summed E-state index contributed by atoms with van der Waals surface area (Å²) in [5.74, 6) is 0.315. The second kappa shape index (κ2) is 9.54. The lowest BCUT2D eigenvalue weighted by atomic mass is 10.1. The van der Waals surface area contributed by atoms with Crippen molar-refractivity contribution in [3.8, 4) is 0 Å². The molecule has 0 atom stereocenters. The highest BCUT2D eigenvalue weighted by Gasteiger charge is 1.99. The van der Waals surface area contributed by atoms with E-state index in [1.165, 1.54) is 25.3 Å². The van der Waals surface area contributed by atoms with Crippen molar-refractivity contribution >= 4 is 29.0 Å². The lowest BCUT2D eigenvalue weighted by Gasteiger charge is -1.97. The summed E-state index contributed by atoms with van der Waals surface area (Å²) in [4.78, 5) is 11.2. The molecule has 0 bridgehead atoms. The third kappa shape index (κ3) is 8.58. The summed E-state index contributed by atoms with van der Waals surface area (Å²) in [6.45, 7) is 2.17. The largest absolute Gasteiger partial charge is 0.295 e. The Hall–Kier alpha value is -0.0100. The van der Waals surface area contributed by atoms with E-state index in [-0.39, 0.29) is 11.7 Å². The van der Waals surface area contributed by atoms with Crippen molar-refractivity contribution < 1.29 is 4.79 Å². The van der Waals surface area contributed by atoms with Gasteiger partial charge in [0.15, 0.2) is 5.78 Å². The molecule has 0 aromatic carbocycles. The van der Waals surface area contributed by atoms with Gasteiger partial charge >= 0.3 is 0 Å². The van der Waals surface area contributed by atoms with Gasteiger partial charge in [-0.2, -0.15) is 0 Å². The van der Waals surface area contributed by atoms with Gasteiger partial charge in [0.2, 0.25) is 0 Å². The van der Waals surface area contributed by atoms with Crippen molar-refractivity contribution in [2.24, 2.45) is 0 Å². The zero-order valence-corrected chi connectivity index (χ0v) is 10.2. The van der Waals surface area contributed by atoms with E-state index >= 15 is 0 Å². The van der Waals surface area contributed by atoms with Crippen LogP contribution in [0.15, 0.2) is 11.1 Å². The molecule has 0 saturated heterocycles. The van der Waals surface area contributed by atoms with E-state index in [1.807, 2.05) is 0 Å². The number of carbonyl (C=O) groups is 1. The van der Waals surface area contributed by atoms with E-state index in [2.05, 4.69) is 6.92 Å². The smallest absolute Gasteiger partial charge is 0.156 e. The third-order valence-corrected chi connectivity index (χ3v) is 2.64. The van der Waals surface area contributed by atoms with Crippen molar-refractivity contribution in [1.82, 2.24) is 0 Å². The maximum atomic E-state index is 11.2. The molecule has 0 aliphatic heterocycles. The number of unbranched alkanes of at least 4 members (excludes halogenated alkanes) is 4. The lowest BCUT2D eigenvalue weighted by molar-refractivity contribution is -0.114. The van der Waals surface area contributed by atoms with Crippen LogP contribution in [0.25, 0.3) is 0 Å². The first-order valence-corrected chi connectivity index (χ1v) is 6.06. The van der Waals surface area contributed by atoms with Crippen LogP contribution in [0.2, 0.25) is 0 Å². The van der Waals surface area contributed by atoms with E-state index < -0.39 is 0 Å². The fourth-order valence-electron chi connectivity index (χ4n) is 1.19. The Bertz CT molecular complexity index is 188. The van der Waals surface area contributed by atoms with Crippen LogP contribution < -0.4 is 0 Å². The molecule has 0 aromatic heterocycles. The molecular weight excluding hydrogens is 219 g/mol. The number of alkyl halides is 1. The van der Waals surface area contributed by atoms with Gasteiger partial charge in [0.05, 0.1) is 5.88 Å². The quantitative estimate of drug-likeness (QED) is 0.350. The first-order valence-electron chi connectivity index (χ1n) is 5.15. The normalized spacial score (nSPS) is 11.8. The van der Waals surface area contributed by atoms with Gasteiger partial charge in [0, 0.05) is 11.5 Å². The van der Waals surface area contributed by atoms with E-state index in [4.69, 9.17) is 23.2 Å². The molecule has 0 saturated carbocycles. The van der Waals surface area contributed by atoms with Gasteiger partial charge in [-0.25, -0.2) is 0 Å². The highest BCUT2D eigenvalue weighted by atomic mass is 35.5. The fourth-order valence-corrected chi connectivity index (χ4v) is 1.39. The van der Waals surface area contributed by atoms with E-state index in [0.717, 1.165) is 12.8 Å². The third-order valence-electron chi connectivity index (χ3n) is 1.97. The highest BCUT2D eigenvalue weighted by molar-refractivity contribution is 6.36. The number of hydrogen-bond acceptors (Lipinski definition) is 1. The minimum atomic E-state index is 0.0900. The number of halogens is 2. The molecule has 0 N–H and O–H groups in total. The first kappa shape index (κ1) is 14.0. The predicted molar refractivity (Wildman–Crippen MR) is 63.0 cm³/mol. The molecule has 3 heteroatoms. The first-order chi connectivity index (χ1) is 6.70. The van der Waals surface area contributed by atoms with E-state index in [9.17, 15) is 4.79 Å². The summed E-state index contributed by atoms with van der Waals surface area (Å²) in [6, 6.07) is 0. The van der Waals surface area contributed by atoms with Crippen molar-refractivity contribution in [2.45, 2.75) is 45.4 Å². The molecule has 0 aliphatic carbocycles. The molecule has 1 nitrogen and oxygen atoms in total. The van der Waals surface area contributed by atoms with Gasteiger partial charge in [-0.1, -0.05) is 44.2 Å². The average Bonchev–Trinajstić information content (AvgIpc) is 2.17. The lowest BCUT2D eigenvalue weighted by Crippen LogP contribution is -1.94. The van der Waals surface area contributed by atoms with Crippen LogP contribution in [0.3, 0.4) is 0 Å². The summed E-state index contributed by atoms with van der Waals surface area (Å²) in [6.07, 6.45) is 7.83. The second-order valence-electron chi connectivity index (χ2n) is 3.36. The Balaban J connectivity index is 3.45. The summed E-state index contributed by atoms with van der Waals surface area (Å²) in [5, 5.41) is 0.435. The molecule has 82 valence electrons. The summed E-state index contributed by atoms with van der Waals surface area (Å²) in [7, 11) is 0. The van der Waals surface area contributed by atoms with Crippen molar-refractivity contribution in [2.75, 3.05) is 5.88 Å². The van der Waals surface area contributed by atoms with E-state index in [0.29, 0.717) is 11.5 Å². The van der Waals surface area contributed by atoms with Gasteiger partial charge in [-0.15, -0.1) is 11.6 Å². The fraction of sp³-hybridized carbons (Fsp3) is 0.727. The predicted octanol–water partition coefficient (Wildman–Crippen LogP) is 4.28. The topological polar surface area (TPSA) is 17.1 Å². The standard InChI is InChI=1S/C11H18Cl2O/c1-2-3-4-5-6-7-11(14)8-10(13)9-12/h8H,2-7,9H2,1H3/b10-8-. The van der Waals surface area contributed by atoms with Crippen LogP contribution in [-0.4, -0.2) is 11.7 Å². The zero-order valence-electron chi connectivity index (χ0n) is 8.69. The van der Waals surface area contributed by atoms with Gasteiger partial charge in [0.1, 0.15) is 0 Å². The maximum absolute atomic E-state index is 11.2. The number of ketones is 1. The van der Waals surface area contributed by atoms with Crippen LogP contribution in [0.4, 0.5) is 0 Å². The Labute approximate surface area is 96.5 Å². The minimum Gasteiger partial charge on any atom is -0.295 e. The SMILES string of the molecule is CCCCCCCC(=O)/C=C(\Cl)CCl. The molecule has 0 radical (unpaired) electrons. The number of rotatable bonds is 8. The van der Waals surface area contributed by atoms with Crippen LogP contribution in [0.5, 0.6) is 0 Å². The Kier molecular flexibility index (Phi) is 9.53. The van der Waals surface area contributed by atoms with Crippen LogP contribution >= 0.6 is 23.2 Å². The summed E-state index contributed by atoms with van der Waals surface area (Å²) < 4.78 is 0. The molecular formula is C11H18Cl2O. The monoisotopic (exact) mass is 236 g/mol. The van der Waals surface area contributed by atoms with Crippen LogP contribution in [-0.2, 0) is 4.79 Å². The summed E-state index contributed by atoms with van der Waals surface area (Å²) >= 11 is 11.1. The van der Waals surface area contributed by atoms with Gasteiger partial charge in [0.25, 0.3) is 0 Å². The molecule has 0 unspecified atom stereocenters. The molecule has 0 aromatic rings. The molecule has 0 spiro atoms. The van der Waals surface area contributed by atoms with Gasteiger partial charge < -0.3 is 0 Å². The molecule has 0 heterocycles. The minimum absolute atomic E-state index is 0.0900. The Morgan fingerprint density at radius 1 is 1.21 bits per heavy atom. The van der Waals surface area contributed by atoms with Gasteiger partial charge in [-0.3, -0.25) is 4.79 Å². The number of allylic oxidation sites excluding steroid dienone is 2. The van der Waals surface area contributed by atoms with Crippen molar-refractivity contribution in [3.63, 3.8) is 0 Å². The Morgan fingerprint density at radius 2 is 1.86 bits per heavy atom. The van der Waals surface area contributed by atoms with Crippen LogP contribution in [0.1, 0.15) is 45.4 Å². The average molecular weight is 237 g/mol. The number of hydrogen-bond donors (Lipinski definition) is 0. The molecule has 0 amide bonds. The Morgan fingerprint density at radius 3 is 2.43 bits per heavy atom. The molecule has 0 fully saturated rings.